The largest absolute Gasteiger partial charge is 0.455 e. The zero-order chi connectivity index (χ0) is 21.6. The summed E-state index contributed by atoms with van der Waals surface area (Å²) in [5.41, 5.74) is 9.08. The van der Waals surface area contributed by atoms with Crippen LogP contribution in [0.15, 0.2) is 83.4 Å². The molecule has 0 aliphatic rings. The van der Waals surface area contributed by atoms with E-state index >= 15 is 0 Å². The zero-order valence-electron chi connectivity index (χ0n) is 18.6. The summed E-state index contributed by atoms with van der Waals surface area (Å²) in [4.78, 5) is 4.66. The minimum Gasteiger partial charge on any atom is -0.455 e. The van der Waals surface area contributed by atoms with Crippen LogP contribution in [0, 0.1) is 12.3 Å². The van der Waals surface area contributed by atoms with Gasteiger partial charge in [-0.05, 0) is 77.9 Å². The molecule has 0 radical (unpaired) electrons. The summed E-state index contributed by atoms with van der Waals surface area (Å²) in [6, 6.07) is 25.6. The molecule has 0 aliphatic carbocycles. The molecule has 5 rings (SSSR count). The van der Waals surface area contributed by atoms with E-state index in [9.17, 15) is 0 Å². The fourth-order valence-electron chi connectivity index (χ4n) is 4.37. The summed E-state index contributed by atoms with van der Waals surface area (Å²) in [6.45, 7) is 8.95. The third-order valence-electron chi connectivity index (χ3n) is 5.65. The van der Waals surface area contributed by atoms with Gasteiger partial charge in [0.1, 0.15) is 11.2 Å². The predicted octanol–water partition coefficient (Wildman–Crippen LogP) is 8.21. The van der Waals surface area contributed by atoms with Crippen LogP contribution in [0.2, 0.25) is 0 Å². The number of furan rings is 1. The Balaban J connectivity index is 1.66. The SMILES string of the molecule is Cc1cc(-c2ccccc2)c2oc3ccc(-c4cc(CC(C)(C)C)ccn4)cc3c2c1. The zero-order valence-corrected chi connectivity index (χ0v) is 18.6. The van der Waals surface area contributed by atoms with Gasteiger partial charge in [0.2, 0.25) is 0 Å². The van der Waals surface area contributed by atoms with Crippen molar-refractivity contribution < 1.29 is 4.42 Å². The van der Waals surface area contributed by atoms with E-state index in [1.165, 1.54) is 16.7 Å². The quantitative estimate of drug-likeness (QED) is 0.302. The summed E-state index contributed by atoms with van der Waals surface area (Å²) >= 11 is 0. The molecular weight excluding hydrogens is 378 g/mol. The number of fused-ring (bicyclic) bond motifs is 3. The van der Waals surface area contributed by atoms with E-state index in [1.54, 1.807) is 0 Å². The van der Waals surface area contributed by atoms with Gasteiger partial charge < -0.3 is 4.42 Å². The lowest BCUT2D eigenvalue weighted by Crippen LogP contribution is -2.09. The first kappa shape index (κ1) is 19.6. The Morgan fingerprint density at radius 3 is 2.39 bits per heavy atom. The smallest absolute Gasteiger partial charge is 0.143 e. The molecule has 0 atom stereocenters. The van der Waals surface area contributed by atoms with Crippen LogP contribution in [-0.4, -0.2) is 4.98 Å². The van der Waals surface area contributed by atoms with Gasteiger partial charge in [-0.25, -0.2) is 0 Å². The molecule has 0 aliphatic heterocycles. The van der Waals surface area contributed by atoms with Crippen molar-refractivity contribution >= 4 is 21.9 Å². The third-order valence-corrected chi connectivity index (χ3v) is 5.65. The normalized spacial score (nSPS) is 12.0. The second-order valence-electron chi connectivity index (χ2n) is 9.65. The fraction of sp³-hybridized carbons (Fsp3) is 0.207. The Morgan fingerprint density at radius 1 is 0.806 bits per heavy atom. The average Bonchev–Trinajstić information content (AvgIpc) is 3.10. The van der Waals surface area contributed by atoms with E-state index in [0.717, 1.165) is 45.2 Å². The third kappa shape index (κ3) is 3.86. The van der Waals surface area contributed by atoms with E-state index in [1.807, 2.05) is 12.3 Å². The lowest BCUT2D eigenvalue weighted by atomic mass is 9.88. The molecular formula is C29H27NO. The van der Waals surface area contributed by atoms with Crippen molar-refractivity contribution in [2.45, 2.75) is 34.1 Å². The Hall–Kier alpha value is -3.39. The van der Waals surface area contributed by atoms with Crippen molar-refractivity contribution in [2.75, 3.05) is 0 Å². The molecule has 2 heteroatoms. The van der Waals surface area contributed by atoms with Gasteiger partial charge >= 0.3 is 0 Å². The van der Waals surface area contributed by atoms with Gasteiger partial charge in [0.15, 0.2) is 0 Å². The van der Waals surface area contributed by atoms with Gasteiger partial charge in [-0.2, -0.15) is 0 Å². The number of aromatic nitrogens is 1. The van der Waals surface area contributed by atoms with Crippen LogP contribution in [0.3, 0.4) is 0 Å². The topological polar surface area (TPSA) is 26.0 Å². The van der Waals surface area contributed by atoms with E-state index in [-0.39, 0.29) is 5.41 Å². The number of aryl methyl sites for hydroxylation is 1. The summed E-state index contributed by atoms with van der Waals surface area (Å²) in [6.07, 6.45) is 2.95. The molecule has 0 amide bonds. The van der Waals surface area contributed by atoms with Crippen LogP contribution in [0.4, 0.5) is 0 Å². The van der Waals surface area contributed by atoms with Crippen molar-refractivity contribution in [3.63, 3.8) is 0 Å². The summed E-state index contributed by atoms with van der Waals surface area (Å²) in [7, 11) is 0. The first-order valence-corrected chi connectivity index (χ1v) is 10.8. The van der Waals surface area contributed by atoms with Gasteiger partial charge in [0.05, 0.1) is 5.69 Å². The number of benzene rings is 3. The molecule has 154 valence electrons. The monoisotopic (exact) mass is 405 g/mol. The van der Waals surface area contributed by atoms with Gasteiger partial charge in [0, 0.05) is 28.1 Å². The molecule has 0 N–H and O–H groups in total. The average molecular weight is 406 g/mol. The highest BCUT2D eigenvalue weighted by atomic mass is 16.3. The molecule has 2 aromatic heterocycles. The van der Waals surface area contributed by atoms with E-state index in [0.29, 0.717) is 0 Å². The van der Waals surface area contributed by atoms with Crippen LogP contribution in [0.25, 0.3) is 44.3 Å². The molecule has 0 saturated carbocycles. The maximum absolute atomic E-state index is 6.35. The second-order valence-corrected chi connectivity index (χ2v) is 9.65. The number of nitrogens with zero attached hydrogens (tertiary/aromatic N) is 1. The van der Waals surface area contributed by atoms with E-state index in [4.69, 9.17) is 4.42 Å². The first-order chi connectivity index (χ1) is 14.9. The molecule has 0 fully saturated rings. The van der Waals surface area contributed by atoms with Crippen LogP contribution in [-0.2, 0) is 6.42 Å². The van der Waals surface area contributed by atoms with Crippen LogP contribution >= 0.6 is 0 Å². The maximum atomic E-state index is 6.35. The standard InChI is InChI=1S/C29H27NO/c1-19-14-23(21-8-6-5-7-9-21)28-25(15-19)24-17-22(10-11-27(24)31-28)26-16-20(12-13-30-26)18-29(2,3)4/h5-17H,18H2,1-4H3. The van der Waals surface area contributed by atoms with Crippen molar-refractivity contribution in [1.29, 1.82) is 0 Å². The highest BCUT2D eigenvalue weighted by Crippen LogP contribution is 2.38. The summed E-state index contributed by atoms with van der Waals surface area (Å²) < 4.78 is 6.35. The molecule has 0 bridgehead atoms. The highest BCUT2D eigenvalue weighted by Gasteiger charge is 2.15. The highest BCUT2D eigenvalue weighted by molar-refractivity contribution is 6.10. The summed E-state index contributed by atoms with van der Waals surface area (Å²) in [5, 5.41) is 2.29. The molecule has 31 heavy (non-hydrogen) atoms. The maximum Gasteiger partial charge on any atom is 0.143 e. The Labute approximate surface area is 183 Å². The molecule has 5 aromatic rings. The first-order valence-electron chi connectivity index (χ1n) is 10.8. The van der Waals surface area contributed by atoms with Crippen molar-refractivity contribution in [2.24, 2.45) is 5.41 Å². The Kier molecular flexibility index (Phi) is 4.66. The van der Waals surface area contributed by atoms with Gasteiger partial charge in [-0.1, -0.05) is 51.1 Å². The van der Waals surface area contributed by atoms with Crippen molar-refractivity contribution in [3.05, 3.63) is 90.1 Å². The second kappa shape index (κ2) is 7.39. The van der Waals surface area contributed by atoms with Crippen LogP contribution in [0.1, 0.15) is 31.9 Å². The van der Waals surface area contributed by atoms with Crippen molar-refractivity contribution in [3.8, 4) is 22.4 Å². The lowest BCUT2D eigenvalue weighted by molar-refractivity contribution is 0.411. The summed E-state index contributed by atoms with van der Waals surface area (Å²) in [5.74, 6) is 0. The van der Waals surface area contributed by atoms with E-state index in [2.05, 4.69) is 99.4 Å². The lowest BCUT2D eigenvalue weighted by Gasteiger charge is -2.18. The minimum atomic E-state index is 0.245. The number of hydrogen-bond donors (Lipinski definition) is 0. The Morgan fingerprint density at radius 2 is 1.61 bits per heavy atom. The number of hydrogen-bond acceptors (Lipinski definition) is 2. The number of pyridine rings is 1. The molecule has 0 saturated heterocycles. The van der Waals surface area contributed by atoms with Crippen LogP contribution < -0.4 is 0 Å². The molecule has 0 unspecified atom stereocenters. The minimum absolute atomic E-state index is 0.245. The Bertz CT molecular complexity index is 1390. The molecule has 2 heterocycles. The molecule has 2 nitrogen and oxygen atoms in total. The van der Waals surface area contributed by atoms with Gasteiger partial charge in [-0.15, -0.1) is 0 Å². The molecule has 0 spiro atoms. The van der Waals surface area contributed by atoms with Crippen molar-refractivity contribution in [1.82, 2.24) is 4.98 Å². The van der Waals surface area contributed by atoms with Crippen LogP contribution in [0.5, 0.6) is 0 Å². The fourth-order valence-corrected chi connectivity index (χ4v) is 4.37. The van der Waals surface area contributed by atoms with E-state index < -0.39 is 0 Å². The van der Waals surface area contributed by atoms with Gasteiger partial charge in [-0.3, -0.25) is 4.98 Å². The number of rotatable bonds is 3. The predicted molar refractivity (Wildman–Crippen MR) is 130 cm³/mol. The van der Waals surface area contributed by atoms with Gasteiger partial charge in [0.25, 0.3) is 0 Å². The molecule has 3 aromatic carbocycles.